The summed E-state index contributed by atoms with van der Waals surface area (Å²) in [6.45, 7) is 2.05. The van der Waals surface area contributed by atoms with Gasteiger partial charge in [-0.3, -0.25) is 9.71 Å². The zero-order valence-corrected chi connectivity index (χ0v) is 19.9. The molecule has 8 nitrogen and oxygen atoms in total. The summed E-state index contributed by atoms with van der Waals surface area (Å²) in [5.74, 6) is 0.402. The minimum Gasteiger partial charge on any atom is -0.494 e. The number of thiocarbonyl (C=S) groups is 1. The van der Waals surface area contributed by atoms with Gasteiger partial charge in [0.05, 0.1) is 30.8 Å². The van der Waals surface area contributed by atoms with Gasteiger partial charge in [0.25, 0.3) is 0 Å². The van der Waals surface area contributed by atoms with Crippen molar-refractivity contribution in [2.24, 2.45) is 7.05 Å². The molecule has 1 saturated heterocycles. The van der Waals surface area contributed by atoms with Gasteiger partial charge in [-0.25, -0.2) is 8.42 Å². The van der Waals surface area contributed by atoms with Gasteiger partial charge < -0.3 is 19.5 Å². The van der Waals surface area contributed by atoms with E-state index in [2.05, 4.69) is 38.6 Å². The first kappa shape index (κ1) is 22.1. The van der Waals surface area contributed by atoms with Gasteiger partial charge in [0.2, 0.25) is 10.0 Å². The molecule has 168 valence electrons. The van der Waals surface area contributed by atoms with Gasteiger partial charge in [0.15, 0.2) is 5.11 Å². The van der Waals surface area contributed by atoms with Crippen molar-refractivity contribution in [3.8, 4) is 5.75 Å². The molecule has 1 fully saturated rings. The predicted molar refractivity (Wildman–Crippen MR) is 130 cm³/mol. The molecule has 2 aromatic heterocycles. The summed E-state index contributed by atoms with van der Waals surface area (Å²) >= 11 is 5.75. The van der Waals surface area contributed by atoms with Crippen molar-refractivity contribution in [2.45, 2.75) is 19.0 Å². The third-order valence-electron chi connectivity index (χ3n) is 5.57. The molecule has 4 rings (SSSR count). The van der Waals surface area contributed by atoms with Crippen molar-refractivity contribution < 1.29 is 13.2 Å². The Bertz CT molecular complexity index is 1260. The molecule has 0 saturated carbocycles. The molecule has 0 aliphatic carbocycles. The number of nitrogens with zero attached hydrogens (tertiary/aromatic N) is 3. The van der Waals surface area contributed by atoms with Gasteiger partial charge in [-0.2, -0.15) is 0 Å². The molecule has 3 heterocycles. The zero-order chi connectivity index (χ0) is 23.0. The van der Waals surface area contributed by atoms with Crippen LogP contribution < -0.4 is 19.7 Å². The number of aryl methyl sites for hydroxylation is 1. The molecular weight excluding hydrogens is 446 g/mol. The quantitative estimate of drug-likeness (QED) is 0.534. The number of rotatable bonds is 6. The summed E-state index contributed by atoms with van der Waals surface area (Å²) in [4.78, 5) is 6.59. The van der Waals surface area contributed by atoms with E-state index in [0.29, 0.717) is 16.5 Å². The third-order valence-corrected chi connectivity index (χ3v) is 6.48. The molecular formula is C22H25N5O3S2. The van der Waals surface area contributed by atoms with Gasteiger partial charge in [0, 0.05) is 36.4 Å². The molecule has 0 bridgehead atoms. The zero-order valence-electron chi connectivity index (χ0n) is 18.2. The van der Waals surface area contributed by atoms with E-state index in [1.807, 2.05) is 36.2 Å². The van der Waals surface area contributed by atoms with Gasteiger partial charge in [-0.05, 0) is 55.5 Å². The van der Waals surface area contributed by atoms with Crippen LogP contribution >= 0.6 is 12.2 Å². The summed E-state index contributed by atoms with van der Waals surface area (Å²) in [5, 5.41) is 3.97. The Morgan fingerprint density at radius 3 is 2.56 bits per heavy atom. The van der Waals surface area contributed by atoms with E-state index < -0.39 is 10.0 Å². The monoisotopic (exact) mass is 471 g/mol. The largest absolute Gasteiger partial charge is 0.494 e. The maximum absolute atomic E-state index is 11.7. The third kappa shape index (κ3) is 4.15. The Morgan fingerprint density at radius 2 is 1.97 bits per heavy atom. The highest BCUT2D eigenvalue weighted by Crippen LogP contribution is 2.43. The molecule has 2 N–H and O–H groups in total. The number of hydrogen-bond acceptors (Lipinski definition) is 5. The first-order valence-corrected chi connectivity index (χ1v) is 12.3. The van der Waals surface area contributed by atoms with E-state index in [9.17, 15) is 8.42 Å². The predicted octanol–water partition coefficient (Wildman–Crippen LogP) is 3.29. The lowest BCUT2D eigenvalue weighted by Crippen LogP contribution is -2.30. The smallest absolute Gasteiger partial charge is 0.229 e. The molecule has 3 aromatic rings. The van der Waals surface area contributed by atoms with E-state index in [1.54, 1.807) is 18.3 Å². The minimum absolute atomic E-state index is 0.170. The number of sulfonamides is 1. The van der Waals surface area contributed by atoms with Gasteiger partial charge in [-0.1, -0.05) is 6.07 Å². The number of benzene rings is 1. The van der Waals surface area contributed by atoms with Crippen LogP contribution in [0.2, 0.25) is 0 Å². The Hall–Kier alpha value is -3.11. The molecule has 1 aromatic carbocycles. The second kappa shape index (κ2) is 8.44. The first-order valence-electron chi connectivity index (χ1n) is 9.98. The molecule has 1 aliphatic rings. The molecule has 2 atom stereocenters. The first-order chi connectivity index (χ1) is 15.2. The standard InChI is InChI=1S/C22H25N5O3S2/c1-14-8-11-18(26(14)2)21-20(17-7-5-6-12-23-17)24-22(31)27(21)15-9-10-16(19(13-15)30-3)25-32(4,28)29/h5-13,20-21,25H,1-4H3,(H,24,31)/t20-,21-/m0/s1. The van der Waals surface area contributed by atoms with Crippen LogP contribution in [-0.2, 0) is 17.1 Å². The molecule has 1 aliphatic heterocycles. The average Bonchev–Trinajstić information content (AvgIpc) is 3.27. The van der Waals surface area contributed by atoms with Gasteiger partial charge >= 0.3 is 0 Å². The van der Waals surface area contributed by atoms with Crippen molar-refractivity contribution in [2.75, 3.05) is 23.0 Å². The van der Waals surface area contributed by atoms with Crippen molar-refractivity contribution in [3.05, 3.63) is 71.8 Å². The van der Waals surface area contributed by atoms with E-state index in [0.717, 1.165) is 29.0 Å². The highest BCUT2D eigenvalue weighted by atomic mass is 32.2. The van der Waals surface area contributed by atoms with Gasteiger partial charge in [-0.15, -0.1) is 0 Å². The van der Waals surface area contributed by atoms with Crippen LogP contribution in [0.25, 0.3) is 0 Å². The van der Waals surface area contributed by atoms with Crippen molar-refractivity contribution in [3.63, 3.8) is 0 Å². The fourth-order valence-corrected chi connectivity index (χ4v) is 4.89. The molecule has 0 amide bonds. The van der Waals surface area contributed by atoms with Gasteiger partial charge in [0.1, 0.15) is 11.8 Å². The maximum Gasteiger partial charge on any atom is 0.229 e. The van der Waals surface area contributed by atoms with Crippen LogP contribution in [0.15, 0.2) is 54.7 Å². The molecule has 32 heavy (non-hydrogen) atoms. The normalized spacial score (nSPS) is 18.5. The number of hydrogen-bond donors (Lipinski definition) is 2. The second-order valence-corrected chi connectivity index (χ2v) is 9.85. The van der Waals surface area contributed by atoms with Crippen molar-refractivity contribution >= 4 is 38.7 Å². The topological polar surface area (TPSA) is 88.5 Å². The Labute approximate surface area is 193 Å². The number of nitrogens with one attached hydrogen (secondary N) is 2. The second-order valence-electron chi connectivity index (χ2n) is 7.71. The SMILES string of the molecule is COc1cc(N2C(=S)N[C@@H](c3ccccn3)[C@@H]2c2ccc(C)n2C)ccc1NS(C)(=O)=O. The van der Waals surface area contributed by atoms with Crippen LogP contribution in [0.3, 0.4) is 0 Å². The summed E-state index contributed by atoms with van der Waals surface area (Å²) in [7, 11) is 0.0819. The maximum atomic E-state index is 11.7. The number of ether oxygens (including phenoxy) is 1. The van der Waals surface area contributed by atoms with Crippen molar-refractivity contribution in [1.29, 1.82) is 0 Å². The lowest BCUT2D eigenvalue weighted by Gasteiger charge is -2.29. The fourth-order valence-electron chi connectivity index (χ4n) is 3.98. The Kier molecular flexibility index (Phi) is 5.83. The summed E-state index contributed by atoms with van der Waals surface area (Å²) in [5.41, 5.74) is 4.22. The summed E-state index contributed by atoms with van der Waals surface area (Å²) in [6, 6.07) is 14.9. The number of methoxy groups -OCH3 is 1. The molecule has 10 heteroatoms. The lowest BCUT2D eigenvalue weighted by molar-refractivity contribution is 0.417. The lowest BCUT2D eigenvalue weighted by atomic mass is 10.0. The van der Waals surface area contributed by atoms with Crippen LogP contribution in [0.5, 0.6) is 5.75 Å². The number of pyridine rings is 1. The number of anilines is 2. The van der Waals surface area contributed by atoms with Crippen molar-refractivity contribution in [1.82, 2.24) is 14.9 Å². The van der Waals surface area contributed by atoms with Crippen LogP contribution in [0.1, 0.15) is 29.2 Å². The molecule has 0 spiro atoms. The van der Waals surface area contributed by atoms with Crippen LogP contribution in [0.4, 0.5) is 11.4 Å². The van der Waals surface area contributed by atoms with E-state index >= 15 is 0 Å². The van der Waals surface area contributed by atoms with Crippen LogP contribution in [-0.4, -0.2) is 36.4 Å². The summed E-state index contributed by atoms with van der Waals surface area (Å²) in [6.07, 6.45) is 2.87. The Balaban J connectivity index is 1.83. The molecule has 0 radical (unpaired) electrons. The average molecular weight is 472 g/mol. The minimum atomic E-state index is -3.45. The fraction of sp³-hybridized carbons (Fsp3) is 0.273. The highest BCUT2D eigenvalue weighted by Gasteiger charge is 2.42. The summed E-state index contributed by atoms with van der Waals surface area (Å²) < 4.78 is 33.5. The number of aromatic nitrogens is 2. The van der Waals surface area contributed by atoms with E-state index in [-0.39, 0.29) is 12.1 Å². The van der Waals surface area contributed by atoms with E-state index in [1.165, 1.54) is 7.11 Å². The highest BCUT2D eigenvalue weighted by molar-refractivity contribution is 7.92. The molecule has 0 unspecified atom stereocenters. The van der Waals surface area contributed by atoms with Crippen LogP contribution in [0, 0.1) is 6.92 Å². The van der Waals surface area contributed by atoms with E-state index in [4.69, 9.17) is 17.0 Å². The Morgan fingerprint density at radius 1 is 1.19 bits per heavy atom.